The Labute approximate surface area is 165 Å². The second-order valence-electron chi connectivity index (χ2n) is 7.39. The fourth-order valence-corrected chi connectivity index (χ4v) is 3.50. The van der Waals surface area contributed by atoms with Crippen LogP contribution < -0.4 is 10.0 Å². The fourth-order valence-electron chi connectivity index (χ4n) is 2.50. The number of nitrogens with one attached hydrogen (secondary N) is 2. The van der Waals surface area contributed by atoms with Gasteiger partial charge in [0.05, 0.1) is 4.90 Å². The van der Waals surface area contributed by atoms with Crippen LogP contribution in [0.4, 0.5) is 11.6 Å². The summed E-state index contributed by atoms with van der Waals surface area (Å²) in [6.45, 7) is 6.81. The second kappa shape index (κ2) is 7.93. The largest absolute Gasteiger partial charge is 0.365 e. The van der Waals surface area contributed by atoms with Crippen LogP contribution in [0.5, 0.6) is 0 Å². The number of aromatic nitrogens is 3. The van der Waals surface area contributed by atoms with Crippen molar-refractivity contribution in [3.63, 3.8) is 0 Å². The van der Waals surface area contributed by atoms with E-state index in [1.165, 1.54) is 0 Å². The van der Waals surface area contributed by atoms with Crippen LogP contribution in [0.2, 0.25) is 0 Å². The molecule has 0 amide bonds. The van der Waals surface area contributed by atoms with Crippen LogP contribution in [0, 0.1) is 0 Å². The van der Waals surface area contributed by atoms with Gasteiger partial charge in [0.15, 0.2) is 5.82 Å². The van der Waals surface area contributed by atoms with Crippen molar-refractivity contribution in [3.05, 3.63) is 72.1 Å². The van der Waals surface area contributed by atoms with Gasteiger partial charge in [-0.15, -0.1) is 10.2 Å². The third kappa shape index (κ3) is 5.04. The highest BCUT2D eigenvalue weighted by Gasteiger charge is 2.18. The molecule has 2 heterocycles. The predicted octanol–water partition coefficient (Wildman–Crippen LogP) is 3.58. The molecular formula is C20H23N5O2S. The molecule has 28 heavy (non-hydrogen) atoms. The van der Waals surface area contributed by atoms with E-state index in [0.29, 0.717) is 12.4 Å². The molecule has 2 N–H and O–H groups in total. The Bertz CT molecular complexity index is 1010. The number of anilines is 2. The molecule has 8 heteroatoms. The van der Waals surface area contributed by atoms with Gasteiger partial charge in [0.2, 0.25) is 0 Å². The Morgan fingerprint density at radius 1 is 0.857 bits per heavy atom. The Kier molecular flexibility index (Phi) is 5.60. The normalized spacial score (nSPS) is 11.8. The number of pyridine rings is 1. The molecule has 0 saturated heterocycles. The molecule has 1 aromatic carbocycles. The zero-order chi connectivity index (χ0) is 20.2. The van der Waals surface area contributed by atoms with E-state index in [-0.39, 0.29) is 16.1 Å². The summed E-state index contributed by atoms with van der Waals surface area (Å²) >= 11 is 0. The van der Waals surface area contributed by atoms with Gasteiger partial charge in [0.1, 0.15) is 5.82 Å². The average Bonchev–Trinajstić information content (AvgIpc) is 2.67. The number of hydrogen-bond donors (Lipinski definition) is 2. The minimum Gasteiger partial charge on any atom is -0.365 e. The van der Waals surface area contributed by atoms with Gasteiger partial charge in [-0.05, 0) is 52.9 Å². The topological polar surface area (TPSA) is 96.9 Å². The summed E-state index contributed by atoms with van der Waals surface area (Å²) < 4.78 is 27.6. The highest BCUT2D eigenvalue weighted by atomic mass is 32.2. The maximum Gasteiger partial charge on any atom is 0.263 e. The van der Waals surface area contributed by atoms with Crippen molar-refractivity contribution in [2.45, 2.75) is 37.6 Å². The van der Waals surface area contributed by atoms with Gasteiger partial charge in [-0.1, -0.05) is 32.9 Å². The summed E-state index contributed by atoms with van der Waals surface area (Å²) in [5.74, 6) is 0.712. The SMILES string of the molecule is CC(C)(C)c1ccc(S(=O)(=O)Nc2ccc(NCc3ccncc3)nn2)cc1. The Morgan fingerprint density at radius 3 is 2.04 bits per heavy atom. The van der Waals surface area contributed by atoms with Crippen LogP contribution in [-0.2, 0) is 22.0 Å². The van der Waals surface area contributed by atoms with Crippen LogP contribution in [0.15, 0.2) is 65.8 Å². The molecule has 7 nitrogen and oxygen atoms in total. The van der Waals surface area contributed by atoms with Crippen LogP contribution in [0.1, 0.15) is 31.9 Å². The molecule has 0 unspecified atom stereocenters. The van der Waals surface area contributed by atoms with Crippen molar-refractivity contribution in [2.75, 3.05) is 10.0 Å². The third-order valence-corrected chi connectivity index (χ3v) is 5.53. The molecule has 0 aliphatic rings. The molecular weight excluding hydrogens is 374 g/mol. The standard InChI is InChI=1S/C20H23N5O2S/c1-20(2,3)16-4-6-17(7-5-16)28(26,27)25-19-9-8-18(23-24-19)22-14-15-10-12-21-13-11-15/h4-13H,14H2,1-3H3,(H,22,23)(H,24,25). The van der Waals surface area contributed by atoms with Gasteiger partial charge in [-0.3, -0.25) is 9.71 Å². The van der Waals surface area contributed by atoms with Crippen molar-refractivity contribution in [2.24, 2.45) is 0 Å². The zero-order valence-electron chi connectivity index (χ0n) is 16.0. The summed E-state index contributed by atoms with van der Waals surface area (Å²) in [4.78, 5) is 4.15. The smallest absolute Gasteiger partial charge is 0.263 e. The summed E-state index contributed by atoms with van der Waals surface area (Å²) in [6.07, 6.45) is 3.43. The lowest BCUT2D eigenvalue weighted by molar-refractivity contribution is 0.587. The van der Waals surface area contributed by atoms with Gasteiger partial charge in [0.25, 0.3) is 10.0 Å². The minimum absolute atomic E-state index is 0.0414. The molecule has 0 spiro atoms. The van der Waals surface area contributed by atoms with Crippen molar-refractivity contribution >= 4 is 21.7 Å². The molecule has 2 aromatic heterocycles. The number of rotatable bonds is 6. The lowest BCUT2D eigenvalue weighted by Gasteiger charge is -2.19. The molecule has 3 aromatic rings. The summed E-state index contributed by atoms with van der Waals surface area (Å²) in [6, 6.07) is 13.9. The fraction of sp³-hybridized carbons (Fsp3) is 0.250. The number of benzene rings is 1. The minimum atomic E-state index is -3.72. The monoisotopic (exact) mass is 397 g/mol. The van der Waals surface area contributed by atoms with Crippen molar-refractivity contribution < 1.29 is 8.42 Å². The van der Waals surface area contributed by atoms with Gasteiger partial charge < -0.3 is 5.32 Å². The van der Waals surface area contributed by atoms with E-state index < -0.39 is 10.0 Å². The van der Waals surface area contributed by atoms with E-state index in [1.54, 1.807) is 36.7 Å². The van der Waals surface area contributed by atoms with Crippen LogP contribution >= 0.6 is 0 Å². The van der Waals surface area contributed by atoms with Crippen molar-refractivity contribution in [1.29, 1.82) is 0 Å². The first-order chi connectivity index (χ1) is 13.2. The molecule has 0 fully saturated rings. The molecule has 0 aliphatic carbocycles. The number of hydrogen-bond acceptors (Lipinski definition) is 6. The quantitative estimate of drug-likeness (QED) is 0.660. The Hall–Kier alpha value is -3.00. The van der Waals surface area contributed by atoms with Gasteiger partial charge >= 0.3 is 0 Å². The summed E-state index contributed by atoms with van der Waals surface area (Å²) in [7, 11) is -3.72. The predicted molar refractivity (Wildman–Crippen MR) is 110 cm³/mol. The summed E-state index contributed by atoms with van der Waals surface area (Å²) in [5.41, 5.74) is 2.08. The van der Waals surface area contributed by atoms with Crippen LogP contribution in [0.25, 0.3) is 0 Å². The molecule has 3 rings (SSSR count). The lowest BCUT2D eigenvalue weighted by atomic mass is 9.87. The number of sulfonamides is 1. The van der Waals surface area contributed by atoms with Crippen LogP contribution in [0.3, 0.4) is 0 Å². The Morgan fingerprint density at radius 2 is 1.46 bits per heavy atom. The maximum atomic E-state index is 12.6. The Balaban J connectivity index is 1.65. The molecule has 0 atom stereocenters. The van der Waals surface area contributed by atoms with E-state index in [9.17, 15) is 8.42 Å². The van der Waals surface area contributed by atoms with Crippen LogP contribution in [-0.4, -0.2) is 23.6 Å². The highest BCUT2D eigenvalue weighted by molar-refractivity contribution is 7.92. The molecule has 0 radical (unpaired) electrons. The van der Waals surface area contributed by atoms with E-state index in [4.69, 9.17) is 0 Å². The zero-order valence-corrected chi connectivity index (χ0v) is 16.9. The van der Waals surface area contributed by atoms with E-state index >= 15 is 0 Å². The first kappa shape index (κ1) is 19.8. The first-order valence-electron chi connectivity index (χ1n) is 8.84. The first-order valence-corrected chi connectivity index (χ1v) is 10.3. The molecule has 146 valence electrons. The lowest BCUT2D eigenvalue weighted by Crippen LogP contribution is -2.16. The molecule has 0 aliphatic heterocycles. The van der Waals surface area contributed by atoms with E-state index in [2.05, 4.69) is 46.0 Å². The highest BCUT2D eigenvalue weighted by Crippen LogP contribution is 2.24. The van der Waals surface area contributed by atoms with Crippen molar-refractivity contribution in [1.82, 2.24) is 15.2 Å². The summed E-state index contributed by atoms with van der Waals surface area (Å²) in [5, 5.41) is 11.1. The number of nitrogens with zero attached hydrogens (tertiary/aromatic N) is 3. The van der Waals surface area contributed by atoms with Gasteiger partial charge in [-0.2, -0.15) is 0 Å². The van der Waals surface area contributed by atoms with Gasteiger partial charge in [-0.25, -0.2) is 8.42 Å². The van der Waals surface area contributed by atoms with E-state index in [0.717, 1.165) is 11.1 Å². The second-order valence-corrected chi connectivity index (χ2v) is 9.08. The maximum absolute atomic E-state index is 12.6. The molecule has 0 bridgehead atoms. The van der Waals surface area contributed by atoms with Crippen molar-refractivity contribution in [3.8, 4) is 0 Å². The van der Waals surface area contributed by atoms with Gasteiger partial charge in [0, 0.05) is 18.9 Å². The average molecular weight is 398 g/mol. The molecule has 0 saturated carbocycles. The van der Waals surface area contributed by atoms with E-state index in [1.807, 2.05) is 24.3 Å². The third-order valence-electron chi connectivity index (χ3n) is 4.16.